The normalized spacial score (nSPS) is 11.1. The Balaban J connectivity index is 1.49. The van der Waals surface area contributed by atoms with E-state index in [4.69, 9.17) is 33.7 Å². The number of aromatic nitrogens is 4. The number of benzene rings is 3. The fourth-order valence-electron chi connectivity index (χ4n) is 5.46. The first-order valence-electron chi connectivity index (χ1n) is 16.6. The lowest BCUT2D eigenvalue weighted by atomic mass is 10.1. The number of likely N-dealkylation sites (N-methyl/N-ethyl adjacent to an activating group) is 2. The highest BCUT2D eigenvalue weighted by Crippen LogP contribution is 2.39. The molecular weight excluding hydrogens is 687 g/mol. The molecule has 0 radical (unpaired) electrons. The van der Waals surface area contributed by atoms with Crippen LogP contribution in [0.5, 0.6) is 17.2 Å². The Morgan fingerprint density at radius 3 is 2.26 bits per heavy atom. The summed E-state index contributed by atoms with van der Waals surface area (Å²) in [5.41, 5.74) is 2.87. The smallest absolute Gasteiger partial charge is 0.294 e. The summed E-state index contributed by atoms with van der Waals surface area (Å²) in [6.45, 7) is 1.82. The average Bonchev–Trinajstić information content (AvgIpc) is 3.51. The topological polar surface area (TPSA) is 151 Å². The molecule has 0 saturated heterocycles. The molecule has 0 amide bonds. The van der Waals surface area contributed by atoms with Crippen LogP contribution in [0.1, 0.15) is 5.82 Å². The van der Waals surface area contributed by atoms with Crippen LogP contribution in [0.3, 0.4) is 0 Å². The molecule has 5 aromatic rings. The Morgan fingerprint density at radius 2 is 1.62 bits per heavy atom. The molecule has 53 heavy (non-hydrogen) atoms. The van der Waals surface area contributed by atoms with E-state index < -0.39 is 4.92 Å². The van der Waals surface area contributed by atoms with Crippen molar-refractivity contribution in [2.45, 2.75) is 13.2 Å². The molecule has 16 heteroatoms. The van der Waals surface area contributed by atoms with Crippen molar-refractivity contribution in [3.63, 3.8) is 0 Å². The molecule has 0 aliphatic heterocycles. The molecule has 0 saturated carbocycles. The molecule has 0 atom stereocenters. The lowest BCUT2D eigenvalue weighted by molar-refractivity contribution is -0.384. The Kier molecular flexibility index (Phi) is 13.1. The van der Waals surface area contributed by atoms with Gasteiger partial charge in [0.1, 0.15) is 41.3 Å². The predicted molar refractivity (Wildman–Crippen MR) is 199 cm³/mol. The van der Waals surface area contributed by atoms with E-state index in [0.29, 0.717) is 76.6 Å². The number of ether oxygens (including phenoxy) is 5. The van der Waals surface area contributed by atoms with Crippen LogP contribution < -0.4 is 24.4 Å². The van der Waals surface area contributed by atoms with Gasteiger partial charge in [-0.25, -0.2) is 19.3 Å². The molecule has 1 N–H and O–H groups in total. The van der Waals surface area contributed by atoms with Gasteiger partial charge in [-0.2, -0.15) is 0 Å². The molecule has 0 aliphatic carbocycles. The fourth-order valence-corrected chi connectivity index (χ4v) is 5.46. The van der Waals surface area contributed by atoms with Crippen molar-refractivity contribution in [3.05, 3.63) is 94.7 Å². The summed E-state index contributed by atoms with van der Waals surface area (Å²) in [4.78, 5) is 29.8. The number of nitrogens with one attached hydrogen (secondary N) is 1. The first-order valence-corrected chi connectivity index (χ1v) is 16.6. The van der Waals surface area contributed by atoms with Gasteiger partial charge in [-0.05, 0) is 68.7 Å². The van der Waals surface area contributed by atoms with Gasteiger partial charge in [0.2, 0.25) is 5.95 Å². The molecule has 0 fully saturated rings. The summed E-state index contributed by atoms with van der Waals surface area (Å²) in [7, 11) is 10.3. The second-order valence-corrected chi connectivity index (χ2v) is 12.1. The van der Waals surface area contributed by atoms with E-state index in [2.05, 4.69) is 10.3 Å². The van der Waals surface area contributed by atoms with E-state index in [0.717, 1.165) is 0 Å². The number of nitrogens with zero attached hydrogens (tertiary/aromatic N) is 7. The predicted octanol–water partition coefficient (Wildman–Crippen LogP) is 6.01. The highest BCUT2D eigenvalue weighted by Gasteiger charge is 2.24. The van der Waals surface area contributed by atoms with Crippen LogP contribution in [0, 0.1) is 15.9 Å². The third kappa shape index (κ3) is 9.73. The highest BCUT2D eigenvalue weighted by atomic mass is 19.1. The lowest BCUT2D eigenvalue weighted by Crippen LogP contribution is -2.28. The van der Waals surface area contributed by atoms with E-state index in [1.54, 1.807) is 76.0 Å². The lowest BCUT2D eigenvalue weighted by Gasteiger charge is -2.22. The number of hydrogen-bond donors (Lipinski definition) is 1. The van der Waals surface area contributed by atoms with Crippen LogP contribution >= 0.6 is 0 Å². The van der Waals surface area contributed by atoms with E-state index in [1.165, 1.54) is 25.3 Å². The van der Waals surface area contributed by atoms with Crippen LogP contribution in [0.15, 0.2) is 72.9 Å². The third-order valence-electron chi connectivity index (χ3n) is 8.12. The number of hydrogen-bond acceptors (Lipinski definition) is 13. The molecule has 5 rings (SSSR count). The molecule has 2 aromatic heterocycles. The second kappa shape index (κ2) is 18.1. The highest BCUT2D eigenvalue weighted by molar-refractivity contribution is 5.79. The van der Waals surface area contributed by atoms with Crippen molar-refractivity contribution in [1.29, 1.82) is 0 Å². The van der Waals surface area contributed by atoms with Crippen molar-refractivity contribution < 1.29 is 33.0 Å². The van der Waals surface area contributed by atoms with Crippen LogP contribution in [0.25, 0.3) is 22.6 Å². The standard InChI is InChI=1S/C37H43FN8O7/c1-43(2)18-19-44(3)31-22-33(51-6)30(21-32(31)46(47)48)41-37-39-17-15-29(40-37)36-35(25-7-9-26(38)10-8-25)42-34(45(36)23-49-4)16-20-52-27-11-13-28(14-12-27)53-24-50-5/h7-15,17,21-22H,16,18-20,23-24H2,1-6H3,(H,39,40,41). The minimum absolute atomic E-state index is 0.107. The van der Waals surface area contributed by atoms with Gasteiger partial charge in [-0.15, -0.1) is 0 Å². The maximum atomic E-state index is 14.0. The number of methoxy groups -OCH3 is 3. The van der Waals surface area contributed by atoms with Gasteiger partial charge in [-0.3, -0.25) is 10.1 Å². The van der Waals surface area contributed by atoms with Crippen LogP contribution in [-0.4, -0.2) is 98.3 Å². The van der Waals surface area contributed by atoms with Gasteiger partial charge in [0.15, 0.2) is 6.79 Å². The minimum Gasteiger partial charge on any atom is -0.494 e. The van der Waals surface area contributed by atoms with Gasteiger partial charge in [-0.1, -0.05) is 0 Å². The first-order chi connectivity index (χ1) is 25.6. The molecule has 280 valence electrons. The van der Waals surface area contributed by atoms with E-state index in [-0.39, 0.29) is 37.6 Å². The van der Waals surface area contributed by atoms with Crippen LogP contribution in [-0.2, 0) is 22.6 Å². The average molecular weight is 731 g/mol. The summed E-state index contributed by atoms with van der Waals surface area (Å²) in [5, 5.41) is 15.3. The molecule has 0 spiro atoms. The van der Waals surface area contributed by atoms with E-state index >= 15 is 0 Å². The third-order valence-corrected chi connectivity index (χ3v) is 8.12. The van der Waals surface area contributed by atoms with Gasteiger partial charge >= 0.3 is 0 Å². The summed E-state index contributed by atoms with van der Waals surface area (Å²) < 4.78 is 43.6. The molecule has 3 aromatic carbocycles. The van der Waals surface area contributed by atoms with Crippen molar-refractivity contribution in [1.82, 2.24) is 24.4 Å². The molecular formula is C37H43FN8O7. The maximum absolute atomic E-state index is 14.0. The zero-order valence-corrected chi connectivity index (χ0v) is 30.5. The Morgan fingerprint density at radius 1 is 0.906 bits per heavy atom. The minimum atomic E-state index is -0.431. The van der Waals surface area contributed by atoms with Crippen molar-refractivity contribution in [3.8, 4) is 39.9 Å². The van der Waals surface area contributed by atoms with Gasteiger partial charge in [0, 0.05) is 64.7 Å². The number of anilines is 3. The SMILES string of the molecule is COCOc1ccc(OCCc2nc(-c3ccc(F)cc3)c(-c3ccnc(Nc4cc([N+](=O)[O-])c(N(C)CCN(C)C)cc4OC)n3)n2COC)cc1. The Hall–Kier alpha value is -5.84. The second-order valence-electron chi connectivity index (χ2n) is 12.1. The molecule has 0 bridgehead atoms. The summed E-state index contributed by atoms with van der Waals surface area (Å²) in [6, 6.07) is 18.0. The monoisotopic (exact) mass is 730 g/mol. The fraction of sp³-hybridized carbons (Fsp3) is 0.324. The summed E-state index contributed by atoms with van der Waals surface area (Å²) >= 11 is 0. The molecule has 15 nitrogen and oxygen atoms in total. The zero-order chi connectivity index (χ0) is 37.9. The zero-order valence-electron chi connectivity index (χ0n) is 30.5. The molecule has 0 unspecified atom stereocenters. The van der Waals surface area contributed by atoms with E-state index in [1.807, 2.05) is 28.5 Å². The number of halogens is 1. The van der Waals surface area contributed by atoms with Gasteiger partial charge in [0.25, 0.3) is 5.69 Å². The Bertz CT molecular complexity index is 1970. The summed E-state index contributed by atoms with van der Waals surface area (Å²) in [6.07, 6.45) is 1.96. The quantitative estimate of drug-likeness (QED) is 0.0600. The number of rotatable bonds is 19. The largest absolute Gasteiger partial charge is 0.494 e. The van der Waals surface area contributed by atoms with Crippen LogP contribution in [0.4, 0.5) is 27.4 Å². The molecule has 0 aliphatic rings. The number of nitro groups is 1. The van der Waals surface area contributed by atoms with Crippen molar-refractivity contribution >= 4 is 23.0 Å². The van der Waals surface area contributed by atoms with Crippen LogP contribution in [0.2, 0.25) is 0 Å². The summed E-state index contributed by atoms with van der Waals surface area (Å²) in [5.74, 6) is 2.08. The van der Waals surface area contributed by atoms with E-state index in [9.17, 15) is 14.5 Å². The molecule has 2 heterocycles. The van der Waals surface area contributed by atoms with Crippen molar-refractivity contribution in [2.24, 2.45) is 0 Å². The van der Waals surface area contributed by atoms with Crippen molar-refractivity contribution in [2.75, 3.05) is 79.2 Å². The van der Waals surface area contributed by atoms with Gasteiger partial charge < -0.3 is 43.4 Å². The maximum Gasteiger partial charge on any atom is 0.294 e. The number of imidazole rings is 1. The Labute approximate surface area is 307 Å². The van der Waals surface area contributed by atoms with Gasteiger partial charge in [0.05, 0.1) is 41.4 Å². The first kappa shape index (κ1) is 38.4. The number of nitro benzene ring substituents is 1.